The summed E-state index contributed by atoms with van der Waals surface area (Å²) in [6.45, 7) is 5.23. The second-order valence-corrected chi connectivity index (χ2v) is 6.17. The van der Waals surface area contributed by atoms with Crippen molar-refractivity contribution >= 4 is 23.8 Å². The van der Waals surface area contributed by atoms with E-state index in [2.05, 4.69) is 5.32 Å². The molecular formula is C11H19NO4S. The summed E-state index contributed by atoms with van der Waals surface area (Å²) >= 11 is 1.58. The van der Waals surface area contributed by atoms with Gasteiger partial charge in [-0.3, -0.25) is 0 Å². The Kier molecular flexibility index (Phi) is 3.96. The van der Waals surface area contributed by atoms with Crippen molar-refractivity contribution < 1.29 is 19.4 Å². The second-order valence-electron chi connectivity index (χ2n) is 5.26. The van der Waals surface area contributed by atoms with E-state index in [0.29, 0.717) is 6.42 Å². The van der Waals surface area contributed by atoms with Crippen molar-refractivity contribution in [1.29, 1.82) is 0 Å². The van der Waals surface area contributed by atoms with E-state index in [4.69, 9.17) is 9.84 Å². The van der Waals surface area contributed by atoms with Gasteiger partial charge in [0, 0.05) is 5.92 Å². The molecule has 17 heavy (non-hydrogen) atoms. The maximum Gasteiger partial charge on any atom is 0.408 e. The van der Waals surface area contributed by atoms with Crippen LogP contribution >= 0.6 is 11.8 Å². The zero-order chi connectivity index (χ0) is 13.3. The van der Waals surface area contributed by atoms with Gasteiger partial charge in [0.15, 0.2) is 0 Å². The van der Waals surface area contributed by atoms with Crippen molar-refractivity contribution in [3.63, 3.8) is 0 Å². The molecule has 1 rings (SSSR count). The molecule has 0 aliphatic heterocycles. The molecule has 0 aromatic heterocycles. The van der Waals surface area contributed by atoms with Crippen molar-refractivity contribution in [3.05, 3.63) is 0 Å². The molecular weight excluding hydrogens is 242 g/mol. The van der Waals surface area contributed by atoms with Gasteiger partial charge in [-0.15, -0.1) is 0 Å². The van der Waals surface area contributed by atoms with Crippen LogP contribution in [0.4, 0.5) is 4.79 Å². The lowest BCUT2D eigenvalue weighted by atomic mass is 10.2. The van der Waals surface area contributed by atoms with Gasteiger partial charge in [0.1, 0.15) is 11.1 Å². The van der Waals surface area contributed by atoms with Crippen LogP contribution in [-0.2, 0) is 9.53 Å². The number of hydrogen-bond donors (Lipinski definition) is 2. The van der Waals surface area contributed by atoms with E-state index >= 15 is 0 Å². The predicted octanol–water partition coefficient (Wildman–Crippen LogP) is 1.72. The minimum atomic E-state index is -1.12. The third kappa shape index (κ3) is 3.52. The van der Waals surface area contributed by atoms with Gasteiger partial charge in [-0.25, -0.2) is 9.59 Å². The van der Waals surface area contributed by atoms with Crippen LogP contribution in [0.3, 0.4) is 0 Å². The number of rotatable bonds is 4. The van der Waals surface area contributed by atoms with Crippen LogP contribution in [-0.4, -0.2) is 40.3 Å². The standard InChI is InChI=1S/C11H19NO4S/c1-10(2,3)16-9(15)12-11(8(13)14)5-7(11)6-17-4/h7H,5-6H2,1-4H3,(H,12,15)(H,13,14)/t7-,11+/m0/s1. The summed E-state index contributed by atoms with van der Waals surface area (Å²) < 4.78 is 5.07. The molecule has 0 saturated heterocycles. The van der Waals surface area contributed by atoms with E-state index in [1.807, 2.05) is 6.26 Å². The highest BCUT2D eigenvalue weighted by atomic mass is 32.2. The Labute approximate surface area is 105 Å². The van der Waals surface area contributed by atoms with Gasteiger partial charge in [0.2, 0.25) is 0 Å². The summed E-state index contributed by atoms with van der Waals surface area (Å²) in [5, 5.41) is 11.7. The molecule has 2 N–H and O–H groups in total. The van der Waals surface area contributed by atoms with Gasteiger partial charge < -0.3 is 15.2 Å². The first-order valence-corrected chi connectivity index (χ1v) is 6.84. The van der Waals surface area contributed by atoms with Crippen LogP contribution in [0.15, 0.2) is 0 Å². The molecule has 0 spiro atoms. The molecule has 1 aliphatic carbocycles. The number of ether oxygens (including phenoxy) is 1. The summed E-state index contributed by atoms with van der Waals surface area (Å²) in [5.41, 5.74) is -1.74. The van der Waals surface area contributed by atoms with E-state index in [-0.39, 0.29) is 5.92 Å². The highest BCUT2D eigenvalue weighted by Gasteiger charge is 2.61. The lowest BCUT2D eigenvalue weighted by molar-refractivity contribution is -0.141. The number of hydrogen-bond acceptors (Lipinski definition) is 4. The lowest BCUT2D eigenvalue weighted by Crippen LogP contribution is -2.47. The Bertz CT molecular complexity index is 326. The molecule has 0 bridgehead atoms. The van der Waals surface area contributed by atoms with Crippen LogP contribution in [0.5, 0.6) is 0 Å². The second kappa shape index (κ2) is 4.76. The molecule has 98 valence electrons. The zero-order valence-corrected chi connectivity index (χ0v) is 11.4. The van der Waals surface area contributed by atoms with Gasteiger partial charge in [-0.1, -0.05) is 0 Å². The third-order valence-corrected chi connectivity index (χ3v) is 3.31. The normalized spacial score (nSPS) is 27.4. The fraction of sp³-hybridized carbons (Fsp3) is 0.818. The quantitative estimate of drug-likeness (QED) is 0.806. The summed E-state index contributed by atoms with van der Waals surface area (Å²) in [6.07, 6.45) is 1.73. The smallest absolute Gasteiger partial charge is 0.408 e. The Hall–Kier alpha value is -0.910. The fourth-order valence-corrected chi connectivity index (χ4v) is 2.49. The van der Waals surface area contributed by atoms with E-state index in [1.165, 1.54) is 0 Å². The third-order valence-electron chi connectivity index (χ3n) is 2.58. The van der Waals surface area contributed by atoms with Crippen molar-refractivity contribution in [2.75, 3.05) is 12.0 Å². The monoisotopic (exact) mass is 261 g/mol. The van der Waals surface area contributed by atoms with E-state index in [1.54, 1.807) is 32.5 Å². The minimum absolute atomic E-state index is 0.0116. The topological polar surface area (TPSA) is 75.6 Å². The first kappa shape index (κ1) is 14.2. The number of carbonyl (C=O) groups is 2. The van der Waals surface area contributed by atoms with Crippen LogP contribution in [0, 0.1) is 5.92 Å². The number of carboxylic acids is 1. The Morgan fingerprint density at radius 1 is 1.53 bits per heavy atom. The van der Waals surface area contributed by atoms with Crippen molar-refractivity contribution in [2.45, 2.75) is 38.3 Å². The average molecular weight is 261 g/mol. The largest absolute Gasteiger partial charge is 0.479 e. The first-order chi connectivity index (χ1) is 7.71. The van der Waals surface area contributed by atoms with Gasteiger partial charge in [0.05, 0.1) is 0 Å². The number of carboxylic acid groups (broad SMARTS) is 1. The number of carbonyl (C=O) groups excluding carboxylic acids is 1. The molecule has 0 heterocycles. The minimum Gasteiger partial charge on any atom is -0.479 e. The van der Waals surface area contributed by atoms with Crippen LogP contribution in [0.1, 0.15) is 27.2 Å². The number of amides is 1. The number of aliphatic carboxylic acids is 1. The van der Waals surface area contributed by atoms with Crippen LogP contribution in [0.2, 0.25) is 0 Å². The number of thioether (sulfide) groups is 1. The summed E-state index contributed by atoms with van der Waals surface area (Å²) in [7, 11) is 0. The molecule has 5 nitrogen and oxygen atoms in total. The molecule has 6 heteroatoms. The van der Waals surface area contributed by atoms with Crippen molar-refractivity contribution in [1.82, 2.24) is 5.32 Å². The Morgan fingerprint density at radius 3 is 2.53 bits per heavy atom. The first-order valence-electron chi connectivity index (χ1n) is 5.45. The summed E-state index contributed by atoms with van der Waals surface area (Å²) in [5.74, 6) is -0.271. The van der Waals surface area contributed by atoms with Gasteiger partial charge in [-0.05, 0) is 39.2 Å². The Balaban J connectivity index is 2.59. The molecule has 0 aromatic rings. The highest BCUT2D eigenvalue weighted by Crippen LogP contribution is 2.45. The predicted molar refractivity (Wildman–Crippen MR) is 66.2 cm³/mol. The molecule has 1 amide bonds. The SMILES string of the molecule is CSC[C@@H]1C[C@]1(NC(=O)OC(C)(C)C)C(=O)O. The highest BCUT2D eigenvalue weighted by molar-refractivity contribution is 7.98. The number of alkyl carbamates (subject to hydrolysis) is 1. The lowest BCUT2D eigenvalue weighted by Gasteiger charge is -2.22. The van der Waals surface area contributed by atoms with E-state index < -0.39 is 23.2 Å². The summed E-state index contributed by atoms with van der Waals surface area (Å²) in [6, 6.07) is 0. The molecule has 1 saturated carbocycles. The zero-order valence-electron chi connectivity index (χ0n) is 10.6. The molecule has 2 atom stereocenters. The van der Waals surface area contributed by atoms with Gasteiger partial charge >= 0.3 is 12.1 Å². The van der Waals surface area contributed by atoms with Crippen LogP contribution in [0.25, 0.3) is 0 Å². The molecule has 1 aliphatic rings. The van der Waals surface area contributed by atoms with Gasteiger partial charge in [0.25, 0.3) is 0 Å². The van der Waals surface area contributed by atoms with Crippen LogP contribution < -0.4 is 5.32 Å². The van der Waals surface area contributed by atoms with E-state index in [9.17, 15) is 9.59 Å². The van der Waals surface area contributed by atoms with Gasteiger partial charge in [-0.2, -0.15) is 11.8 Å². The maximum absolute atomic E-state index is 11.6. The number of nitrogens with one attached hydrogen (secondary N) is 1. The Morgan fingerprint density at radius 2 is 2.12 bits per heavy atom. The maximum atomic E-state index is 11.6. The van der Waals surface area contributed by atoms with E-state index in [0.717, 1.165) is 5.75 Å². The summed E-state index contributed by atoms with van der Waals surface area (Å²) in [4.78, 5) is 22.8. The fourth-order valence-electron chi connectivity index (χ4n) is 1.69. The molecule has 0 radical (unpaired) electrons. The van der Waals surface area contributed by atoms with Crippen molar-refractivity contribution in [2.24, 2.45) is 5.92 Å². The van der Waals surface area contributed by atoms with Crippen molar-refractivity contribution in [3.8, 4) is 0 Å². The molecule has 1 fully saturated rings. The molecule has 0 unspecified atom stereocenters. The molecule has 0 aromatic carbocycles. The average Bonchev–Trinajstić information content (AvgIpc) is 2.76.